The Morgan fingerprint density at radius 1 is 1.03 bits per heavy atom. The van der Waals surface area contributed by atoms with Gasteiger partial charge in [-0.25, -0.2) is 18.4 Å². The molecule has 1 aromatic heterocycles. The molecule has 0 amide bonds. The van der Waals surface area contributed by atoms with Crippen LogP contribution in [0.2, 0.25) is 0 Å². The minimum atomic E-state index is -4.65. The van der Waals surface area contributed by atoms with Crippen LogP contribution in [0.5, 0.6) is 0 Å². The lowest BCUT2D eigenvalue weighted by molar-refractivity contribution is -0.137. The summed E-state index contributed by atoms with van der Waals surface area (Å²) >= 11 is 0. The SMILES string of the molecule is O=S(=O)(c1cccc(C(F)(F)F)c1)N1CCC(c2ncnc3cc(N4CCC4)ccc23)C(O)C1. The van der Waals surface area contributed by atoms with E-state index in [0.29, 0.717) is 11.8 Å². The molecule has 3 heterocycles. The summed E-state index contributed by atoms with van der Waals surface area (Å²) in [6.07, 6.45) is -2.85. The van der Waals surface area contributed by atoms with Crippen molar-refractivity contribution >= 4 is 26.6 Å². The summed E-state index contributed by atoms with van der Waals surface area (Å²) < 4.78 is 66.2. The van der Waals surface area contributed by atoms with E-state index in [1.165, 1.54) is 6.33 Å². The summed E-state index contributed by atoms with van der Waals surface area (Å²) in [5.41, 5.74) is 1.43. The number of alkyl halides is 3. The van der Waals surface area contributed by atoms with E-state index in [1.54, 1.807) is 0 Å². The maximum absolute atomic E-state index is 13.1. The first kappa shape index (κ1) is 23.0. The third-order valence-corrected chi connectivity index (χ3v) is 8.43. The lowest BCUT2D eigenvalue weighted by Gasteiger charge is -2.35. The number of aromatic nitrogens is 2. The number of benzene rings is 2. The molecule has 2 aliphatic rings. The van der Waals surface area contributed by atoms with Crippen LogP contribution in [0, 0.1) is 0 Å². The molecular formula is C23H23F3N4O3S. The highest BCUT2D eigenvalue weighted by Crippen LogP contribution is 2.36. The molecule has 2 saturated heterocycles. The monoisotopic (exact) mass is 492 g/mol. The predicted octanol–water partition coefficient (Wildman–Crippen LogP) is 3.40. The molecule has 0 radical (unpaired) electrons. The number of nitrogens with zero attached hydrogens (tertiary/aromatic N) is 4. The van der Waals surface area contributed by atoms with Gasteiger partial charge in [-0.3, -0.25) is 0 Å². The number of fused-ring (bicyclic) bond motifs is 1. The Labute approximate surface area is 194 Å². The minimum absolute atomic E-state index is 0.0532. The van der Waals surface area contributed by atoms with Crippen LogP contribution < -0.4 is 4.90 Å². The molecule has 34 heavy (non-hydrogen) atoms. The number of piperidine rings is 1. The Kier molecular flexibility index (Phi) is 5.73. The summed E-state index contributed by atoms with van der Waals surface area (Å²) in [7, 11) is -4.20. The molecule has 0 aliphatic carbocycles. The third-order valence-electron chi connectivity index (χ3n) is 6.57. The van der Waals surface area contributed by atoms with Crippen LogP contribution >= 0.6 is 0 Å². The molecule has 2 aromatic carbocycles. The second-order valence-corrected chi connectivity index (χ2v) is 10.6. The molecule has 180 valence electrons. The van der Waals surface area contributed by atoms with Crippen molar-refractivity contribution in [1.82, 2.24) is 14.3 Å². The molecule has 0 saturated carbocycles. The molecule has 2 atom stereocenters. The van der Waals surface area contributed by atoms with Gasteiger partial charge in [0.2, 0.25) is 10.0 Å². The van der Waals surface area contributed by atoms with E-state index < -0.39 is 38.7 Å². The summed E-state index contributed by atoms with van der Waals surface area (Å²) in [5.74, 6) is -0.423. The molecule has 2 fully saturated rings. The fraction of sp³-hybridized carbons (Fsp3) is 0.391. The summed E-state index contributed by atoms with van der Waals surface area (Å²) in [6, 6.07) is 9.57. The van der Waals surface area contributed by atoms with Gasteiger partial charge in [-0.1, -0.05) is 6.07 Å². The van der Waals surface area contributed by atoms with E-state index in [0.717, 1.165) is 58.6 Å². The van der Waals surface area contributed by atoms with Crippen LogP contribution in [0.15, 0.2) is 53.7 Å². The zero-order valence-corrected chi connectivity index (χ0v) is 18.9. The number of anilines is 1. The quantitative estimate of drug-likeness (QED) is 0.601. The topological polar surface area (TPSA) is 86.6 Å². The summed E-state index contributed by atoms with van der Waals surface area (Å²) in [5, 5.41) is 11.7. The standard InChI is InChI=1S/C23H23F3N4O3S/c24-23(25,26)15-3-1-4-17(11-15)34(32,33)30-10-7-19(21(31)13-30)22-18-6-5-16(29-8-2-9-29)12-20(18)27-14-28-22/h1,3-6,11-12,14,19,21,31H,2,7-10,13H2. The van der Waals surface area contributed by atoms with Crippen molar-refractivity contribution in [2.75, 3.05) is 31.1 Å². The normalized spacial score (nSPS) is 22.1. The van der Waals surface area contributed by atoms with Crippen LogP contribution in [-0.4, -0.2) is 60.1 Å². The van der Waals surface area contributed by atoms with Gasteiger partial charge in [-0.2, -0.15) is 17.5 Å². The van der Waals surface area contributed by atoms with Gasteiger partial charge in [0.15, 0.2) is 0 Å². The third kappa shape index (κ3) is 4.12. The van der Waals surface area contributed by atoms with Crippen LogP contribution in [0.25, 0.3) is 10.9 Å². The predicted molar refractivity (Wildman–Crippen MR) is 120 cm³/mol. The Hall–Kier alpha value is -2.76. The van der Waals surface area contributed by atoms with E-state index in [9.17, 15) is 26.7 Å². The number of aliphatic hydroxyl groups is 1. The van der Waals surface area contributed by atoms with E-state index >= 15 is 0 Å². The second-order valence-electron chi connectivity index (χ2n) is 8.65. The Balaban J connectivity index is 1.38. The van der Waals surface area contributed by atoms with Gasteiger partial charge in [-0.05, 0) is 49.2 Å². The Morgan fingerprint density at radius 2 is 1.82 bits per heavy atom. The largest absolute Gasteiger partial charge is 0.416 e. The van der Waals surface area contributed by atoms with Gasteiger partial charge in [0.1, 0.15) is 6.33 Å². The van der Waals surface area contributed by atoms with E-state index in [-0.39, 0.29) is 19.5 Å². The molecule has 0 bridgehead atoms. The van der Waals surface area contributed by atoms with E-state index in [2.05, 4.69) is 14.9 Å². The van der Waals surface area contributed by atoms with Crippen LogP contribution in [0.1, 0.15) is 30.0 Å². The maximum Gasteiger partial charge on any atom is 0.416 e. The summed E-state index contributed by atoms with van der Waals surface area (Å²) in [6.45, 7) is 1.82. The van der Waals surface area contributed by atoms with Crippen molar-refractivity contribution < 1.29 is 26.7 Å². The van der Waals surface area contributed by atoms with Gasteiger partial charge < -0.3 is 10.0 Å². The molecule has 2 unspecified atom stereocenters. The fourth-order valence-corrected chi connectivity index (χ4v) is 6.07. The Morgan fingerprint density at radius 3 is 2.50 bits per heavy atom. The number of hydrogen-bond acceptors (Lipinski definition) is 6. The number of hydrogen-bond donors (Lipinski definition) is 1. The number of halogens is 3. The van der Waals surface area contributed by atoms with E-state index in [4.69, 9.17) is 0 Å². The number of aliphatic hydroxyl groups excluding tert-OH is 1. The number of β-amino-alcohol motifs (C(OH)–C–C–N with tert-alkyl or cyclic N) is 1. The highest BCUT2D eigenvalue weighted by atomic mass is 32.2. The van der Waals surface area contributed by atoms with Gasteiger partial charge >= 0.3 is 6.18 Å². The van der Waals surface area contributed by atoms with Gasteiger partial charge in [0, 0.05) is 43.2 Å². The average Bonchev–Trinajstić information content (AvgIpc) is 2.77. The van der Waals surface area contributed by atoms with Crippen LogP contribution in [-0.2, 0) is 16.2 Å². The first-order valence-electron chi connectivity index (χ1n) is 11.0. The average molecular weight is 493 g/mol. The number of sulfonamides is 1. The molecule has 11 heteroatoms. The fourth-order valence-electron chi connectivity index (χ4n) is 4.55. The maximum atomic E-state index is 13.1. The molecule has 3 aromatic rings. The number of rotatable bonds is 4. The van der Waals surface area contributed by atoms with Gasteiger partial charge in [0.25, 0.3) is 0 Å². The van der Waals surface area contributed by atoms with Crippen molar-refractivity contribution in [3.63, 3.8) is 0 Å². The van der Waals surface area contributed by atoms with Crippen LogP contribution in [0.4, 0.5) is 18.9 Å². The lowest BCUT2D eigenvalue weighted by atomic mass is 9.89. The zero-order chi connectivity index (χ0) is 24.1. The molecule has 0 spiro atoms. The molecular weight excluding hydrogens is 469 g/mol. The van der Waals surface area contributed by atoms with E-state index in [1.807, 2.05) is 18.2 Å². The highest BCUT2D eigenvalue weighted by Gasteiger charge is 2.38. The molecule has 5 rings (SSSR count). The first-order valence-corrected chi connectivity index (χ1v) is 12.4. The minimum Gasteiger partial charge on any atom is -0.391 e. The first-order chi connectivity index (χ1) is 16.1. The summed E-state index contributed by atoms with van der Waals surface area (Å²) in [4.78, 5) is 10.6. The van der Waals surface area contributed by atoms with Crippen LogP contribution in [0.3, 0.4) is 0 Å². The molecule has 1 N–H and O–H groups in total. The van der Waals surface area contributed by atoms with Gasteiger partial charge in [-0.15, -0.1) is 0 Å². The Bertz CT molecular complexity index is 1330. The lowest BCUT2D eigenvalue weighted by Crippen LogP contribution is -2.45. The van der Waals surface area contributed by atoms with Crippen molar-refractivity contribution in [1.29, 1.82) is 0 Å². The molecule has 7 nitrogen and oxygen atoms in total. The smallest absolute Gasteiger partial charge is 0.391 e. The molecule has 2 aliphatic heterocycles. The zero-order valence-electron chi connectivity index (χ0n) is 18.1. The second kappa shape index (κ2) is 8.47. The van der Waals surface area contributed by atoms with Crippen molar-refractivity contribution in [3.8, 4) is 0 Å². The van der Waals surface area contributed by atoms with Crippen molar-refractivity contribution in [3.05, 3.63) is 60.0 Å². The highest BCUT2D eigenvalue weighted by molar-refractivity contribution is 7.89. The van der Waals surface area contributed by atoms with Gasteiger partial charge in [0.05, 0.1) is 27.8 Å². The van der Waals surface area contributed by atoms with Crippen molar-refractivity contribution in [2.24, 2.45) is 0 Å². The van der Waals surface area contributed by atoms with Crippen molar-refractivity contribution in [2.45, 2.75) is 35.9 Å².